The lowest BCUT2D eigenvalue weighted by molar-refractivity contribution is 0.0909. The van der Waals surface area contributed by atoms with Gasteiger partial charge in [0.1, 0.15) is 0 Å². The second kappa shape index (κ2) is 5.54. The third-order valence-electron chi connectivity index (χ3n) is 2.80. The van der Waals surface area contributed by atoms with Gasteiger partial charge in [-0.2, -0.15) is 0 Å². The van der Waals surface area contributed by atoms with Gasteiger partial charge in [0.05, 0.1) is 6.61 Å². The summed E-state index contributed by atoms with van der Waals surface area (Å²) >= 11 is 0. The van der Waals surface area contributed by atoms with Gasteiger partial charge in [0.15, 0.2) is 0 Å². The predicted molar refractivity (Wildman–Crippen MR) is 55.2 cm³/mol. The molecule has 5 N–H and O–H groups in total. The van der Waals surface area contributed by atoms with Gasteiger partial charge in [0.25, 0.3) is 0 Å². The van der Waals surface area contributed by atoms with E-state index in [0.29, 0.717) is 0 Å². The average molecular weight is 189 g/mol. The predicted octanol–water partition coefficient (Wildman–Crippen LogP) is 0.215. The van der Waals surface area contributed by atoms with Crippen molar-refractivity contribution in [3.05, 3.63) is 0 Å². The molecule has 0 atom stereocenters. The van der Waals surface area contributed by atoms with E-state index >= 15 is 0 Å². The smallest absolute Gasteiger partial charge is 0.0614 e. The van der Waals surface area contributed by atoms with Crippen LogP contribution in [0.2, 0.25) is 0 Å². The number of hydrogen-bond acceptors (Lipinski definition) is 4. The fraction of sp³-hybridized carbons (Fsp3) is 1.00. The number of likely N-dealkylation sites (N-methyl/N-ethyl adjacent to an activating group) is 1. The molecule has 4 heteroatoms. The fourth-order valence-corrected chi connectivity index (χ4v) is 1.81. The summed E-state index contributed by atoms with van der Waals surface area (Å²) in [5, 5.41) is 12.7. The van der Waals surface area contributed by atoms with Crippen molar-refractivity contribution in [2.75, 3.05) is 33.3 Å². The molecule has 4 nitrogen and oxygen atoms in total. The Morgan fingerprint density at radius 3 is 2.31 bits per heavy atom. The van der Waals surface area contributed by atoms with E-state index in [0.717, 1.165) is 32.5 Å². The van der Waals surface area contributed by atoms with Crippen molar-refractivity contribution in [3.63, 3.8) is 0 Å². The van der Waals surface area contributed by atoms with Crippen LogP contribution in [0.5, 0.6) is 0 Å². The molecule has 0 radical (unpaired) electrons. The molecule has 0 aromatic heterocycles. The van der Waals surface area contributed by atoms with Crippen LogP contribution in [0, 0.1) is 0 Å². The molecular weight excluding hydrogens is 166 g/mol. The molecule has 0 bridgehead atoms. The highest BCUT2D eigenvalue weighted by molar-refractivity contribution is 4.91. The molecule has 13 heavy (non-hydrogen) atoms. The van der Waals surface area contributed by atoms with E-state index in [1.54, 1.807) is 0 Å². The van der Waals surface area contributed by atoms with E-state index in [-0.39, 0.29) is 18.3 Å². The molecule has 0 unspecified atom stereocenters. The molecule has 0 aromatic rings. The normalized spacial score (nSPS) is 22.4. The van der Waals surface area contributed by atoms with Crippen LogP contribution in [-0.4, -0.2) is 48.8 Å². The summed E-state index contributed by atoms with van der Waals surface area (Å²) < 4.78 is 0. The first-order valence-electron chi connectivity index (χ1n) is 4.77. The zero-order chi connectivity index (χ0) is 9.03. The summed E-state index contributed by atoms with van der Waals surface area (Å²) in [6, 6.07) is 0. The van der Waals surface area contributed by atoms with Crippen LogP contribution in [0.3, 0.4) is 0 Å². The van der Waals surface area contributed by atoms with Gasteiger partial charge < -0.3 is 21.5 Å². The molecule has 0 aliphatic carbocycles. The topological polar surface area (TPSA) is 70.5 Å². The van der Waals surface area contributed by atoms with E-state index in [2.05, 4.69) is 24.2 Å². The molecule has 1 rings (SSSR count). The number of nitrogens with zero attached hydrogens (tertiary/aromatic N) is 1. The van der Waals surface area contributed by atoms with E-state index in [4.69, 9.17) is 0 Å². The summed E-state index contributed by atoms with van der Waals surface area (Å²) in [5.41, 5.74) is 0.0151. The Balaban J connectivity index is 0.00000144. The number of nitrogens with one attached hydrogen (secondary N) is 1. The minimum atomic E-state index is 0. The van der Waals surface area contributed by atoms with Crippen LogP contribution in [0.4, 0.5) is 0 Å². The van der Waals surface area contributed by atoms with Crippen LogP contribution in [0.1, 0.15) is 19.8 Å². The zero-order valence-corrected chi connectivity index (χ0v) is 8.84. The van der Waals surface area contributed by atoms with Crippen LogP contribution >= 0.6 is 0 Å². The first kappa shape index (κ1) is 12.8. The summed E-state index contributed by atoms with van der Waals surface area (Å²) in [5.74, 6) is 0. The first-order valence-corrected chi connectivity index (χ1v) is 4.77. The standard InChI is InChI=1S/C9H20N2O.H3N/c1-3-10-9(8-12)4-6-11(2)7-5-9;/h10,12H,3-8H2,1-2H3;1H3. The van der Waals surface area contributed by atoms with Gasteiger partial charge in [-0.3, -0.25) is 0 Å². The van der Waals surface area contributed by atoms with Crippen LogP contribution in [0.25, 0.3) is 0 Å². The maximum absolute atomic E-state index is 9.28. The quantitative estimate of drug-likeness (QED) is 0.594. The van der Waals surface area contributed by atoms with Crippen LogP contribution in [-0.2, 0) is 0 Å². The SMILES string of the molecule is CCNC1(CO)CCN(C)CC1.N. The van der Waals surface area contributed by atoms with Crippen molar-refractivity contribution in [1.82, 2.24) is 16.4 Å². The minimum absolute atomic E-state index is 0. The number of rotatable bonds is 3. The molecule has 1 saturated heterocycles. The average Bonchev–Trinajstić information content (AvgIpc) is 2.10. The van der Waals surface area contributed by atoms with Crippen molar-refractivity contribution in [2.45, 2.75) is 25.3 Å². The Labute approximate surface area is 80.9 Å². The summed E-state index contributed by atoms with van der Waals surface area (Å²) in [6.45, 7) is 5.50. The van der Waals surface area contributed by atoms with Gasteiger partial charge in [0.2, 0.25) is 0 Å². The third-order valence-corrected chi connectivity index (χ3v) is 2.80. The van der Waals surface area contributed by atoms with E-state index in [1.807, 2.05) is 0 Å². The largest absolute Gasteiger partial charge is 0.394 e. The molecule has 0 spiro atoms. The monoisotopic (exact) mass is 189 g/mol. The molecule has 1 aliphatic heterocycles. The summed E-state index contributed by atoms with van der Waals surface area (Å²) in [6.07, 6.45) is 2.13. The molecular formula is C9H23N3O. The number of likely N-dealkylation sites (tertiary alicyclic amines) is 1. The van der Waals surface area contributed by atoms with Crippen molar-refractivity contribution < 1.29 is 5.11 Å². The van der Waals surface area contributed by atoms with Gasteiger partial charge >= 0.3 is 0 Å². The second-order valence-corrected chi connectivity index (χ2v) is 3.77. The molecule has 0 aromatic carbocycles. The van der Waals surface area contributed by atoms with Gasteiger partial charge in [0, 0.05) is 5.54 Å². The summed E-state index contributed by atoms with van der Waals surface area (Å²) in [4.78, 5) is 2.31. The Morgan fingerprint density at radius 2 is 1.92 bits per heavy atom. The number of aliphatic hydroxyl groups excluding tert-OH is 1. The molecule has 1 heterocycles. The Morgan fingerprint density at radius 1 is 1.38 bits per heavy atom. The van der Waals surface area contributed by atoms with Gasteiger partial charge in [-0.25, -0.2) is 0 Å². The lowest BCUT2D eigenvalue weighted by Crippen LogP contribution is -2.55. The maximum Gasteiger partial charge on any atom is 0.0614 e. The second-order valence-electron chi connectivity index (χ2n) is 3.77. The van der Waals surface area contributed by atoms with Gasteiger partial charge in [-0.15, -0.1) is 0 Å². The number of hydrogen-bond donors (Lipinski definition) is 3. The highest BCUT2D eigenvalue weighted by Gasteiger charge is 2.31. The van der Waals surface area contributed by atoms with E-state index in [1.165, 1.54) is 0 Å². The fourth-order valence-electron chi connectivity index (χ4n) is 1.81. The van der Waals surface area contributed by atoms with Crippen LogP contribution < -0.4 is 11.5 Å². The molecule has 0 saturated carbocycles. The Bertz CT molecular complexity index is 133. The molecule has 80 valence electrons. The van der Waals surface area contributed by atoms with Crippen molar-refractivity contribution in [3.8, 4) is 0 Å². The van der Waals surface area contributed by atoms with E-state index in [9.17, 15) is 5.11 Å². The van der Waals surface area contributed by atoms with Gasteiger partial charge in [-0.1, -0.05) is 6.92 Å². The van der Waals surface area contributed by atoms with Gasteiger partial charge in [-0.05, 0) is 39.5 Å². The third kappa shape index (κ3) is 3.23. The summed E-state index contributed by atoms with van der Waals surface area (Å²) in [7, 11) is 2.13. The Hall–Kier alpha value is -0.160. The minimum Gasteiger partial charge on any atom is -0.394 e. The van der Waals surface area contributed by atoms with Crippen LogP contribution in [0.15, 0.2) is 0 Å². The van der Waals surface area contributed by atoms with Crippen molar-refractivity contribution in [2.24, 2.45) is 0 Å². The van der Waals surface area contributed by atoms with Crippen molar-refractivity contribution in [1.29, 1.82) is 0 Å². The first-order chi connectivity index (χ1) is 5.72. The van der Waals surface area contributed by atoms with E-state index < -0.39 is 0 Å². The highest BCUT2D eigenvalue weighted by atomic mass is 16.3. The van der Waals surface area contributed by atoms with Crippen molar-refractivity contribution >= 4 is 0 Å². The maximum atomic E-state index is 9.28. The lowest BCUT2D eigenvalue weighted by Gasteiger charge is -2.40. The molecule has 1 fully saturated rings. The Kier molecular flexibility index (Phi) is 5.48. The number of piperidine rings is 1. The lowest BCUT2D eigenvalue weighted by atomic mass is 9.88. The molecule has 1 aliphatic rings. The molecule has 0 amide bonds. The highest BCUT2D eigenvalue weighted by Crippen LogP contribution is 2.20. The number of aliphatic hydroxyl groups is 1. The zero-order valence-electron chi connectivity index (χ0n) is 8.84.